The van der Waals surface area contributed by atoms with Crippen molar-refractivity contribution in [1.29, 1.82) is 0 Å². The number of nitrogens with zero attached hydrogens (tertiary/aromatic N) is 2. The third kappa shape index (κ3) is 1.32. The lowest BCUT2D eigenvalue weighted by Crippen LogP contribution is -2.02. The highest BCUT2D eigenvalue weighted by molar-refractivity contribution is 6.10. The summed E-state index contributed by atoms with van der Waals surface area (Å²) in [5.41, 5.74) is 15.6. The molecule has 0 bridgehead atoms. The van der Waals surface area contributed by atoms with Crippen LogP contribution in [-0.2, 0) is 0 Å². The van der Waals surface area contributed by atoms with Gasteiger partial charge in [-0.3, -0.25) is 0 Å². The Labute approximate surface area is 105 Å². The van der Waals surface area contributed by atoms with E-state index >= 15 is 0 Å². The Morgan fingerprint density at radius 2 is 1.61 bits per heavy atom. The normalized spacial score (nSPS) is 11.2. The van der Waals surface area contributed by atoms with Gasteiger partial charge in [0.05, 0.1) is 5.52 Å². The predicted molar refractivity (Wildman–Crippen MR) is 75.3 cm³/mol. The minimum Gasteiger partial charge on any atom is -0.383 e. The van der Waals surface area contributed by atoms with Gasteiger partial charge in [-0.05, 0) is 31.0 Å². The first-order valence-corrected chi connectivity index (χ1v) is 5.80. The monoisotopic (exact) mass is 238 g/mol. The highest BCUT2D eigenvalue weighted by Crippen LogP contribution is 2.32. The van der Waals surface area contributed by atoms with Gasteiger partial charge in [-0.1, -0.05) is 18.2 Å². The third-order valence-corrected chi connectivity index (χ3v) is 3.45. The van der Waals surface area contributed by atoms with E-state index in [-0.39, 0.29) is 0 Å². The number of fused-ring (bicyclic) bond motifs is 3. The van der Waals surface area contributed by atoms with Gasteiger partial charge < -0.3 is 11.5 Å². The fourth-order valence-electron chi connectivity index (χ4n) is 2.30. The number of aryl methyl sites for hydroxylation is 1. The molecule has 0 radical (unpaired) electrons. The van der Waals surface area contributed by atoms with Gasteiger partial charge in [-0.2, -0.15) is 0 Å². The molecule has 0 aliphatic heterocycles. The van der Waals surface area contributed by atoms with Crippen LogP contribution in [0.2, 0.25) is 0 Å². The Morgan fingerprint density at radius 3 is 2.39 bits per heavy atom. The largest absolute Gasteiger partial charge is 0.383 e. The molecule has 0 saturated heterocycles. The minimum atomic E-state index is 0.429. The van der Waals surface area contributed by atoms with Crippen molar-refractivity contribution in [3.8, 4) is 0 Å². The van der Waals surface area contributed by atoms with E-state index in [9.17, 15) is 0 Å². The number of para-hydroxylation sites is 1. The van der Waals surface area contributed by atoms with Crippen molar-refractivity contribution in [2.24, 2.45) is 0 Å². The summed E-state index contributed by atoms with van der Waals surface area (Å²) in [5, 5.41) is 2.11. The summed E-state index contributed by atoms with van der Waals surface area (Å²) in [6.45, 7) is 4.02. The van der Waals surface area contributed by atoms with Crippen LogP contribution in [-0.4, -0.2) is 9.97 Å². The molecular formula is C14H14N4. The number of hydrogen-bond donors (Lipinski definition) is 2. The van der Waals surface area contributed by atoms with Crippen molar-refractivity contribution < 1.29 is 0 Å². The van der Waals surface area contributed by atoms with Crippen molar-refractivity contribution in [2.45, 2.75) is 13.8 Å². The molecule has 0 amide bonds. The van der Waals surface area contributed by atoms with E-state index in [4.69, 9.17) is 11.5 Å². The molecule has 0 unspecified atom stereocenters. The highest BCUT2D eigenvalue weighted by atomic mass is 14.9. The molecule has 0 aliphatic rings. The summed E-state index contributed by atoms with van der Waals surface area (Å²) in [6.07, 6.45) is 0. The summed E-state index contributed by atoms with van der Waals surface area (Å²) >= 11 is 0. The molecule has 3 rings (SSSR count). The fourth-order valence-corrected chi connectivity index (χ4v) is 2.30. The molecule has 4 heteroatoms. The van der Waals surface area contributed by atoms with Crippen molar-refractivity contribution in [1.82, 2.24) is 9.97 Å². The lowest BCUT2D eigenvalue weighted by Gasteiger charge is -2.12. The van der Waals surface area contributed by atoms with Crippen LogP contribution >= 0.6 is 0 Å². The number of nitrogen functional groups attached to an aromatic ring is 2. The Kier molecular flexibility index (Phi) is 2.13. The number of pyridine rings is 2. The lowest BCUT2D eigenvalue weighted by molar-refractivity contribution is 1.28. The smallest absolute Gasteiger partial charge is 0.150 e. The standard InChI is InChI=1S/C14H14N4/c1-7-8(2)13(15)18-12-11(7)9-5-3-4-6-10(9)17-14(12)16/h3-6H,1-2H3,(H2,15,18)(H2,16,17). The summed E-state index contributed by atoms with van der Waals surface area (Å²) in [4.78, 5) is 8.75. The van der Waals surface area contributed by atoms with Crippen molar-refractivity contribution in [3.63, 3.8) is 0 Å². The van der Waals surface area contributed by atoms with Crippen LogP contribution in [0.25, 0.3) is 21.8 Å². The Balaban J connectivity index is 2.67. The van der Waals surface area contributed by atoms with Gasteiger partial charge in [0.2, 0.25) is 0 Å². The van der Waals surface area contributed by atoms with E-state index in [1.54, 1.807) is 0 Å². The molecule has 1 aromatic carbocycles. The number of hydrogen-bond acceptors (Lipinski definition) is 4. The topological polar surface area (TPSA) is 77.8 Å². The van der Waals surface area contributed by atoms with Gasteiger partial charge in [0.15, 0.2) is 5.82 Å². The van der Waals surface area contributed by atoms with Gasteiger partial charge >= 0.3 is 0 Å². The van der Waals surface area contributed by atoms with Crippen LogP contribution in [0.3, 0.4) is 0 Å². The van der Waals surface area contributed by atoms with Gasteiger partial charge in [0.1, 0.15) is 11.3 Å². The van der Waals surface area contributed by atoms with E-state index in [0.717, 1.165) is 27.4 Å². The summed E-state index contributed by atoms with van der Waals surface area (Å²) in [5.74, 6) is 0.947. The van der Waals surface area contributed by atoms with Crippen LogP contribution < -0.4 is 11.5 Å². The second-order valence-electron chi connectivity index (χ2n) is 4.48. The van der Waals surface area contributed by atoms with Gasteiger partial charge in [-0.15, -0.1) is 0 Å². The van der Waals surface area contributed by atoms with Crippen molar-refractivity contribution in [2.75, 3.05) is 11.5 Å². The quantitative estimate of drug-likeness (QED) is 0.590. The Morgan fingerprint density at radius 1 is 0.889 bits per heavy atom. The van der Waals surface area contributed by atoms with E-state index in [1.165, 1.54) is 0 Å². The van der Waals surface area contributed by atoms with Gasteiger partial charge in [0, 0.05) is 10.8 Å². The lowest BCUT2D eigenvalue weighted by atomic mass is 10.0. The van der Waals surface area contributed by atoms with Crippen molar-refractivity contribution in [3.05, 3.63) is 35.4 Å². The zero-order valence-electron chi connectivity index (χ0n) is 10.4. The van der Waals surface area contributed by atoms with Gasteiger partial charge in [-0.25, -0.2) is 9.97 Å². The fraction of sp³-hybridized carbons (Fsp3) is 0.143. The maximum absolute atomic E-state index is 5.98. The van der Waals surface area contributed by atoms with E-state index < -0.39 is 0 Å². The average Bonchev–Trinajstić information content (AvgIpc) is 2.36. The second-order valence-corrected chi connectivity index (χ2v) is 4.48. The van der Waals surface area contributed by atoms with E-state index in [2.05, 4.69) is 9.97 Å². The number of anilines is 2. The Hall–Kier alpha value is -2.36. The number of nitrogens with two attached hydrogens (primary N) is 2. The molecule has 0 saturated carbocycles. The molecular weight excluding hydrogens is 224 g/mol. The van der Waals surface area contributed by atoms with Gasteiger partial charge in [0.25, 0.3) is 0 Å². The molecule has 2 aromatic heterocycles. The molecule has 4 nitrogen and oxygen atoms in total. The summed E-state index contributed by atoms with van der Waals surface area (Å²) in [7, 11) is 0. The van der Waals surface area contributed by atoms with E-state index in [0.29, 0.717) is 17.2 Å². The van der Waals surface area contributed by atoms with Crippen LogP contribution in [0.1, 0.15) is 11.1 Å². The predicted octanol–water partition coefficient (Wildman–Crippen LogP) is 2.56. The highest BCUT2D eigenvalue weighted by Gasteiger charge is 2.13. The average molecular weight is 238 g/mol. The second kappa shape index (κ2) is 3.57. The summed E-state index contributed by atoms with van der Waals surface area (Å²) in [6, 6.07) is 7.93. The molecule has 0 spiro atoms. The molecule has 2 heterocycles. The molecule has 4 N–H and O–H groups in total. The maximum atomic E-state index is 5.98. The van der Waals surface area contributed by atoms with E-state index in [1.807, 2.05) is 38.1 Å². The molecule has 0 aliphatic carbocycles. The molecule has 3 aromatic rings. The van der Waals surface area contributed by atoms with Crippen LogP contribution in [0.4, 0.5) is 11.6 Å². The minimum absolute atomic E-state index is 0.429. The van der Waals surface area contributed by atoms with Crippen LogP contribution in [0.5, 0.6) is 0 Å². The number of aromatic nitrogens is 2. The Bertz CT molecular complexity index is 778. The van der Waals surface area contributed by atoms with Crippen LogP contribution in [0.15, 0.2) is 24.3 Å². The number of benzene rings is 1. The maximum Gasteiger partial charge on any atom is 0.150 e. The summed E-state index contributed by atoms with van der Waals surface area (Å²) < 4.78 is 0. The first kappa shape index (κ1) is 10.8. The molecule has 18 heavy (non-hydrogen) atoms. The molecule has 0 atom stereocenters. The molecule has 90 valence electrons. The molecule has 0 fully saturated rings. The third-order valence-electron chi connectivity index (χ3n) is 3.45. The first-order chi connectivity index (χ1) is 8.59. The zero-order valence-corrected chi connectivity index (χ0v) is 10.4. The first-order valence-electron chi connectivity index (χ1n) is 5.80. The zero-order chi connectivity index (χ0) is 12.9. The van der Waals surface area contributed by atoms with Crippen molar-refractivity contribution >= 4 is 33.4 Å². The number of rotatable bonds is 0. The SMILES string of the molecule is Cc1c(N)nc2c(N)nc3ccccc3c2c1C. The van der Waals surface area contributed by atoms with Crippen LogP contribution in [0, 0.1) is 13.8 Å².